The van der Waals surface area contributed by atoms with Crippen LogP contribution in [0, 0.1) is 0 Å². The standard InChI is InChI=1S/C24H24N4O3S/c29-24(21-16-25-23(26-17-21)19-5-2-1-3-6-19)27-11-13-28(14-12-27)32(30,31)22-10-9-18-7-4-8-20(18)15-22/h1-3,5-6,9-10,15-17H,4,7-8,11-14H2. The van der Waals surface area contributed by atoms with Crippen LogP contribution in [0.25, 0.3) is 11.4 Å². The molecule has 32 heavy (non-hydrogen) atoms. The third kappa shape index (κ3) is 3.91. The minimum Gasteiger partial charge on any atom is -0.336 e. The lowest BCUT2D eigenvalue weighted by Gasteiger charge is -2.34. The van der Waals surface area contributed by atoms with Crippen LogP contribution >= 0.6 is 0 Å². The minimum atomic E-state index is -3.56. The fraction of sp³-hybridized carbons (Fsp3) is 0.292. The van der Waals surface area contributed by atoms with E-state index in [0.717, 1.165) is 30.4 Å². The van der Waals surface area contributed by atoms with Crippen LogP contribution in [0.1, 0.15) is 27.9 Å². The van der Waals surface area contributed by atoms with E-state index >= 15 is 0 Å². The van der Waals surface area contributed by atoms with Gasteiger partial charge in [-0.3, -0.25) is 4.79 Å². The first-order valence-electron chi connectivity index (χ1n) is 10.8. The van der Waals surface area contributed by atoms with Crippen LogP contribution in [0.5, 0.6) is 0 Å². The van der Waals surface area contributed by atoms with Crippen molar-refractivity contribution in [1.82, 2.24) is 19.2 Å². The number of carbonyl (C=O) groups excluding carboxylic acids is 1. The first-order chi connectivity index (χ1) is 15.5. The van der Waals surface area contributed by atoms with Crippen LogP contribution in [0.2, 0.25) is 0 Å². The van der Waals surface area contributed by atoms with E-state index in [-0.39, 0.29) is 19.0 Å². The van der Waals surface area contributed by atoms with Crippen LogP contribution in [-0.4, -0.2) is 59.7 Å². The topological polar surface area (TPSA) is 83.5 Å². The van der Waals surface area contributed by atoms with Gasteiger partial charge in [-0.15, -0.1) is 0 Å². The third-order valence-electron chi connectivity index (χ3n) is 6.16. The summed E-state index contributed by atoms with van der Waals surface area (Å²) in [6, 6.07) is 15.0. The summed E-state index contributed by atoms with van der Waals surface area (Å²) in [6.45, 7) is 1.22. The molecular formula is C24H24N4O3S. The van der Waals surface area contributed by atoms with Crippen LogP contribution in [-0.2, 0) is 22.9 Å². The second-order valence-corrected chi connectivity index (χ2v) is 10.1. The van der Waals surface area contributed by atoms with Gasteiger partial charge in [0.1, 0.15) is 0 Å². The Balaban J connectivity index is 1.25. The third-order valence-corrected chi connectivity index (χ3v) is 8.06. The van der Waals surface area contributed by atoms with Crippen molar-refractivity contribution >= 4 is 15.9 Å². The molecule has 1 aliphatic heterocycles. The Morgan fingerprint density at radius 3 is 2.25 bits per heavy atom. The van der Waals surface area contributed by atoms with Gasteiger partial charge in [-0.25, -0.2) is 18.4 Å². The van der Waals surface area contributed by atoms with Gasteiger partial charge < -0.3 is 4.90 Å². The van der Waals surface area contributed by atoms with Gasteiger partial charge in [-0.05, 0) is 42.5 Å². The number of hydrogen-bond acceptors (Lipinski definition) is 5. The van der Waals surface area contributed by atoms with E-state index in [1.165, 1.54) is 22.3 Å². The summed E-state index contributed by atoms with van der Waals surface area (Å²) >= 11 is 0. The zero-order chi connectivity index (χ0) is 22.1. The summed E-state index contributed by atoms with van der Waals surface area (Å²) < 4.78 is 27.7. The summed E-state index contributed by atoms with van der Waals surface area (Å²) in [5.74, 6) is 0.381. The molecule has 7 nitrogen and oxygen atoms in total. The van der Waals surface area contributed by atoms with E-state index in [2.05, 4.69) is 9.97 Å². The van der Waals surface area contributed by atoms with Crippen LogP contribution < -0.4 is 0 Å². The van der Waals surface area contributed by atoms with E-state index in [1.54, 1.807) is 11.0 Å². The number of piperazine rings is 1. The lowest BCUT2D eigenvalue weighted by Crippen LogP contribution is -2.50. The number of rotatable bonds is 4. The monoisotopic (exact) mass is 448 g/mol. The van der Waals surface area contributed by atoms with Crippen molar-refractivity contribution in [1.29, 1.82) is 0 Å². The average molecular weight is 449 g/mol. The summed E-state index contributed by atoms with van der Waals surface area (Å²) in [7, 11) is -3.56. The first-order valence-corrected chi connectivity index (χ1v) is 12.2. The van der Waals surface area contributed by atoms with Crippen molar-refractivity contribution < 1.29 is 13.2 Å². The highest BCUT2D eigenvalue weighted by molar-refractivity contribution is 7.89. The number of sulfonamides is 1. The predicted octanol–water partition coefficient (Wildman–Crippen LogP) is 2.78. The van der Waals surface area contributed by atoms with Crippen LogP contribution in [0.15, 0.2) is 65.8 Å². The highest BCUT2D eigenvalue weighted by atomic mass is 32.2. The van der Waals surface area contributed by atoms with Gasteiger partial charge in [0, 0.05) is 44.1 Å². The Bertz CT molecular complexity index is 1240. The Morgan fingerprint density at radius 2 is 1.53 bits per heavy atom. The molecular weight excluding hydrogens is 424 g/mol. The Morgan fingerprint density at radius 1 is 0.844 bits per heavy atom. The second kappa shape index (κ2) is 8.44. The van der Waals surface area contributed by atoms with E-state index in [4.69, 9.17) is 0 Å². The SMILES string of the molecule is O=C(c1cnc(-c2ccccc2)nc1)N1CCN(S(=O)(=O)c2ccc3c(c2)CCC3)CC1. The summed E-state index contributed by atoms with van der Waals surface area (Å²) in [5.41, 5.74) is 3.68. The number of aryl methyl sites for hydroxylation is 2. The zero-order valence-electron chi connectivity index (χ0n) is 17.6. The predicted molar refractivity (Wildman–Crippen MR) is 121 cm³/mol. The van der Waals surface area contributed by atoms with E-state index in [0.29, 0.717) is 29.4 Å². The molecule has 1 amide bonds. The first kappa shape index (κ1) is 20.8. The molecule has 8 heteroatoms. The van der Waals surface area contributed by atoms with Crippen LogP contribution in [0.3, 0.4) is 0 Å². The molecule has 1 saturated heterocycles. The number of benzene rings is 2. The van der Waals surface area contributed by atoms with Gasteiger partial charge in [0.2, 0.25) is 10.0 Å². The molecule has 5 rings (SSSR count). The van der Waals surface area contributed by atoms with E-state index in [1.807, 2.05) is 42.5 Å². The van der Waals surface area contributed by atoms with Gasteiger partial charge in [0.15, 0.2) is 5.82 Å². The maximum atomic E-state index is 13.1. The van der Waals surface area contributed by atoms with Gasteiger partial charge in [0.25, 0.3) is 5.91 Å². The molecule has 0 spiro atoms. The normalized spacial score (nSPS) is 16.7. The molecule has 1 aliphatic carbocycles. The van der Waals surface area contributed by atoms with Gasteiger partial charge >= 0.3 is 0 Å². The van der Waals surface area contributed by atoms with Crippen LogP contribution in [0.4, 0.5) is 0 Å². The van der Waals surface area contributed by atoms with Gasteiger partial charge in [-0.1, -0.05) is 36.4 Å². The van der Waals surface area contributed by atoms with E-state index < -0.39 is 10.0 Å². The van der Waals surface area contributed by atoms with Crippen molar-refractivity contribution in [3.05, 3.63) is 77.6 Å². The molecule has 2 aliphatic rings. The summed E-state index contributed by atoms with van der Waals surface area (Å²) in [5, 5.41) is 0. The van der Waals surface area contributed by atoms with E-state index in [9.17, 15) is 13.2 Å². The zero-order valence-corrected chi connectivity index (χ0v) is 18.5. The number of fused-ring (bicyclic) bond motifs is 1. The molecule has 0 N–H and O–H groups in total. The molecule has 164 valence electrons. The Kier molecular flexibility index (Phi) is 5.48. The maximum Gasteiger partial charge on any atom is 0.257 e. The van der Waals surface area contributed by atoms with Crippen molar-refractivity contribution in [3.63, 3.8) is 0 Å². The lowest BCUT2D eigenvalue weighted by molar-refractivity contribution is 0.0697. The number of nitrogens with zero attached hydrogens (tertiary/aromatic N) is 4. The summed E-state index contributed by atoms with van der Waals surface area (Å²) in [4.78, 5) is 23.5. The number of hydrogen-bond donors (Lipinski definition) is 0. The van der Waals surface area contributed by atoms with Crippen molar-refractivity contribution in [2.45, 2.75) is 24.2 Å². The van der Waals surface area contributed by atoms with Crippen molar-refractivity contribution in [2.24, 2.45) is 0 Å². The molecule has 1 fully saturated rings. The fourth-order valence-electron chi connectivity index (χ4n) is 4.35. The Hall–Kier alpha value is -3.10. The quantitative estimate of drug-likeness (QED) is 0.613. The minimum absolute atomic E-state index is 0.181. The molecule has 0 atom stereocenters. The largest absolute Gasteiger partial charge is 0.336 e. The maximum absolute atomic E-state index is 13.1. The highest BCUT2D eigenvalue weighted by Gasteiger charge is 2.31. The van der Waals surface area contributed by atoms with Gasteiger partial charge in [-0.2, -0.15) is 4.31 Å². The molecule has 3 aromatic rings. The summed E-state index contributed by atoms with van der Waals surface area (Å²) in [6.07, 6.45) is 6.10. The lowest BCUT2D eigenvalue weighted by atomic mass is 10.1. The second-order valence-electron chi connectivity index (χ2n) is 8.14. The Labute approximate surface area is 187 Å². The number of amides is 1. The highest BCUT2D eigenvalue weighted by Crippen LogP contribution is 2.27. The van der Waals surface area contributed by atoms with Crippen molar-refractivity contribution in [2.75, 3.05) is 26.2 Å². The number of aromatic nitrogens is 2. The molecule has 0 radical (unpaired) electrons. The number of carbonyl (C=O) groups is 1. The molecule has 1 aromatic heterocycles. The molecule has 0 bridgehead atoms. The molecule has 0 unspecified atom stereocenters. The average Bonchev–Trinajstić information content (AvgIpc) is 3.32. The molecule has 2 aromatic carbocycles. The fourth-order valence-corrected chi connectivity index (χ4v) is 5.82. The van der Waals surface area contributed by atoms with Crippen molar-refractivity contribution in [3.8, 4) is 11.4 Å². The molecule has 2 heterocycles. The smallest absolute Gasteiger partial charge is 0.257 e. The van der Waals surface area contributed by atoms with Gasteiger partial charge in [0.05, 0.1) is 10.5 Å². The molecule has 0 saturated carbocycles.